The molecule has 1 fully saturated rings. The number of halogens is 1. The number of hydrogen-bond donors (Lipinski definition) is 3. The van der Waals surface area contributed by atoms with Gasteiger partial charge in [-0.15, -0.1) is 0 Å². The van der Waals surface area contributed by atoms with Crippen molar-refractivity contribution in [3.8, 4) is 5.75 Å². The number of carbonyl (C=O) groups is 1. The summed E-state index contributed by atoms with van der Waals surface area (Å²) in [6.07, 6.45) is -3.08. The normalized spacial score (nSPS) is 25.0. The summed E-state index contributed by atoms with van der Waals surface area (Å²) in [6.45, 7) is 7.89. The van der Waals surface area contributed by atoms with Crippen LogP contribution in [-0.4, -0.2) is 62.3 Å². The number of ether oxygens (including phenoxy) is 2. The predicted octanol–water partition coefficient (Wildman–Crippen LogP) is 4.00. The number of rotatable bonds is 12. The van der Waals surface area contributed by atoms with Crippen molar-refractivity contribution in [2.24, 2.45) is 5.92 Å². The Labute approximate surface area is 237 Å². The number of carbonyl (C=O) groups excluding carboxylic acids is 1. The zero-order valence-electron chi connectivity index (χ0n) is 23.6. The van der Waals surface area contributed by atoms with E-state index in [1.807, 2.05) is 13.8 Å². The second kappa shape index (κ2) is 12.4. The van der Waals surface area contributed by atoms with Crippen LogP contribution in [0.2, 0.25) is 0 Å². The van der Waals surface area contributed by atoms with Gasteiger partial charge in [-0.25, -0.2) is 18.5 Å². The van der Waals surface area contributed by atoms with Crippen molar-refractivity contribution in [2.75, 3.05) is 12.3 Å². The molecule has 3 aromatic rings. The summed E-state index contributed by atoms with van der Waals surface area (Å²) in [5, 5.41) is 17.8. The molecule has 1 aromatic carbocycles. The number of aromatic nitrogens is 3. The van der Waals surface area contributed by atoms with E-state index in [0.717, 1.165) is 0 Å². The quantitative estimate of drug-likeness (QED) is 0.206. The zero-order valence-corrected chi connectivity index (χ0v) is 24.5. The van der Waals surface area contributed by atoms with Crippen LogP contribution in [-0.2, 0) is 23.4 Å². The number of nitrogen functional groups attached to an aromatic ring is 1. The molecule has 0 amide bonds. The molecule has 3 heterocycles. The average molecular weight is 594 g/mol. The van der Waals surface area contributed by atoms with Gasteiger partial charge in [0.05, 0.1) is 18.4 Å². The minimum Gasteiger partial charge on any atom is -0.462 e. The first-order chi connectivity index (χ1) is 19.3. The number of esters is 1. The monoisotopic (exact) mass is 593 g/mol. The molecule has 1 aliphatic heterocycles. The van der Waals surface area contributed by atoms with Gasteiger partial charge < -0.3 is 24.8 Å². The van der Waals surface area contributed by atoms with Gasteiger partial charge in [-0.05, 0) is 57.4 Å². The summed E-state index contributed by atoms with van der Waals surface area (Å²) in [4.78, 5) is 16.8. The summed E-state index contributed by atoms with van der Waals surface area (Å²) in [6, 6.07) is 10.4. The number of aliphatic hydroxyl groups excluding tert-OH is 1. The second-order valence-corrected chi connectivity index (χ2v) is 12.5. The maximum Gasteiger partial charge on any atom is 0.459 e. The van der Waals surface area contributed by atoms with Crippen molar-refractivity contribution in [1.29, 1.82) is 0 Å². The highest BCUT2D eigenvalue weighted by Crippen LogP contribution is 2.49. The largest absolute Gasteiger partial charge is 0.462 e. The fraction of sp³-hybridized carbons (Fsp3) is 0.519. The number of aliphatic hydroxyl groups is 1. The van der Waals surface area contributed by atoms with Gasteiger partial charge >= 0.3 is 13.7 Å². The van der Waals surface area contributed by atoms with Crippen LogP contribution in [0.25, 0.3) is 5.52 Å². The molecule has 2 aromatic heterocycles. The minimum atomic E-state index is -4.30. The molecule has 41 heavy (non-hydrogen) atoms. The first kappa shape index (κ1) is 30.9. The smallest absolute Gasteiger partial charge is 0.459 e. The predicted molar refractivity (Wildman–Crippen MR) is 149 cm³/mol. The molecule has 0 saturated carbocycles. The van der Waals surface area contributed by atoms with Gasteiger partial charge in [-0.2, -0.15) is 10.2 Å². The lowest BCUT2D eigenvalue weighted by molar-refractivity contribution is -0.150. The highest BCUT2D eigenvalue weighted by molar-refractivity contribution is 7.52. The standard InChI is InChI=1S/C27H37FN5O7P/c1-16(2)13-19(26(35)38-17(3)4)32-41(36,40-18-9-7-6-8-10-18)37-14-22-23(34)27(5,28)24(39-22)20-11-12-21-25(29)30-15-31-33(20)21/h6-12,15-17,19,22-24,34H,13-14H2,1-5H3,(H,32,36)(H2,29,30,31)/t19-,22+,23+,24-,27+,41?/m0/s1. The molecule has 4 N–H and O–H groups in total. The Morgan fingerprint density at radius 1 is 1.24 bits per heavy atom. The SMILES string of the molecule is CC(C)C[C@H](NP(=O)(OC[C@H]1O[C@@H](c2ccc3c(N)ncnn23)[C@](C)(F)[C@@H]1O)Oc1ccccc1)C(=O)OC(C)C. The van der Waals surface area contributed by atoms with Gasteiger partial charge in [-0.1, -0.05) is 32.0 Å². The Hall–Kier alpha value is -3.09. The van der Waals surface area contributed by atoms with E-state index in [9.17, 15) is 14.5 Å². The van der Waals surface area contributed by atoms with E-state index in [2.05, 4.69) is 15.2 Å². The van der Waals surface area contributed by atoms with E-state index < -0.39 is 56.4 Å². The lowest BCUT2D eigenvalue weighted by Crippen LogP contribution is -2.41. The fourth-order valence-electron chi connectivity index (χ4n) is 4.62. The molecular formula is C27H37FN5O7P. The molecule has 0 aliphatic carbocycles. The number of nitrogens with two attached hydrogens (primary N) is 1. The highest BCUT2D eigenvalue weighted by atomic mass is 31.2. The zero-order chi connectivity index (χ0) is 29.9. The Bertz CT molecular complexity index is 1390. The molecule has 1 unspecified atom stereocenters. The first-order valence-corrected chi connectivity index (χ1v) is 14.9. The average Bonchev–Trinajstić information content (AvgIpc) is 3.41. The minimum absolute atomic E-state index is 0.0279. The molecule has 224 valence electrons. The third kappa shape index (κ3) is 7.04. The summed E-state index contributed by atoms with van der Waals surface area (Å²) >= 11 is 0. The van der Waals surface area contributed by atoms with E-state index in [-0.39, 0.29) is 23.9 Å². The highest BCUT2D eigenvalue weighted by Gasteiger charge is 2.56. The lowest BCUT2D eigenvalue weighted by Gasteiger charge is -2.27. The lowest BCUT2D eigenvalue weighted by atomic mass is 9.93. The number of para-hydroxylation sites is 1. The van der Waals surface area contributed by atoms with E-state index in [0.29, 0.717) is 11.2 Å². The van der Waals surface area contributed by atoms with Crippen LogP contribution < -0.4 is 15.3 Å². The molecule has 12 nitrogen and oxygen atoms in total. The van der Waals surface area contributed by atoms with Crippen LogP contribution in [0.15, 0.2) is 48.8 Å². The summed E-state index contributed by atoms with van der Waals surface area (Å²) in [7, 11) is -4.30. The Morgan fingerprint density at radius 2 is 1.95 bits per heavy atom. The second-order valence-electron chi connectivity index (χ2n) is 10.8. The third-order valence-electron chi connectivity index (χ3n) is 6.57. The molecule has 14 heteroatoms. The van der Waals surface area contributed by atoms with Gasteiger partial charge in [0.15, 0.2) is 11.5 Å². The van der Waals surface area contributed by atoms with E-state index >= 15 is 4.39 Å². The number of fused-ring (bicyclic) bond motifs is 1. The van der Waals surface area contributed by atoms with Crippen LogP contribution in [0.5, 0.6) is 5.75 Å². The van der Waals surface area contributed by atoms with E-state index in [1.54, 1.807) is 56.3 Å². The van der Waals surface area contributed by atoms with Gasteiger partial charge in [0, 0.05) is 0 Å². The Morgan fingerprint density at radius 3 is 2.61 bits per heavy atom. The van der Waals surface area contributed by atoms with Crippen LogP contribution in [0.4, 0.5) is 10.2 Å². The van der Waals surface area contributed by atoms with Crippen molar-refractivity contribution in [1.82, 2.24) is 19.7 Å². The molecule has 1 aliphatic rings. The molecule has 4 rings (SSSR count). The van der Waals surface area contributed by atoms with E-state index in [4.69, 9.17) is 24.3 Å². The van der Waals surface area contributed by atoms with Crippen molar-refractivity contribution in [3.63, 3.8) is 0 Å². The van der Waals surface area contributed by atoms with Gasteiger partial charge in [0.1, 0.15) is 41.9 Å². The van der Waals surface area contributed by atoms with E-state index in [1.165, 1.54) is 17.8 Å². The Kier molecular flexibility index (Phi) is 9.35. The molecular weight excluding hydrogens is 556 g/mol. The maximum absolute atomic E-state index is 16.0. The number of alkyl halides is 1. The van der Waals surface area contributed by atoms with Crippen molar-refractivity contribution in [3.05, 3.63) is 54.5 Å². The topological polar surface area (TPSA) is 160 Å². The van der Waals surface area contributed by atoms with Gasteiger partial charge in [0.25, 0.3) is 0 Å². The van der Waals surface area contributed by atoms with Crippen LogP contribution in [0.3, 0.4) is 0 Å². The van der Waals surface area contributed by atoms with Crippen LogP contribution >= 0.6 is 7.75 Å². The molecule has 0 radical (unpaired) electrons. The number of nitrogens with one attached hydrogen (secondary N) is 1. The number of hydrogen-bond acceptors (Lipinski definition) is 10. The van der Waals surface area contributed by atoms with Crippen molar-refractivity contribution >= 4 is 25.1 Å². The van der Waals surface area contributed by atoms with Crippen molar-refractivity contribution < 1.29 is 37.4 Å². The number of nitrogens with zero attached hydrogens (tertiary/aromatic N) is 3. The third-order valence-corrected chi connectivity index (χ3v) is 8.14. The molecule has 6 atom stereocenters. The number of benzene rings is 1. The van der Waals surface area contributed by atoms with Crippen molar-refractivity contribution in [2.45, 2.75) is 77.2 Å². The molecule has 0 spiro atoms. The van der Waals surface area contributed by atoms with Crippen LogP contribution in [0, 0.1) is 5.92 Å². The van der Waals surface area contributed by atoms with Crippen LogP contribution in [0.1, 0.15) is 52.8 Å². The Balaban J connectivity index is 1.58. The number of anilines is 1. The van der Waals surface area contributed by atoms with Gasteiger partial charge in [0.2, 0.25) is 0 Å². The summed E-state index contributed by atoms with van der Waals surface area (Å²) in [5.41, 5.74) is 4.38. The first-order valence-electron chi connectivity index (χ1n) is 13.4. The van der Waals surface area contributed by atoms with Gasteiger partial charge in [-0.3, -0.25) is 9.32 Å². The fourth-order valence-corrected chi connectivity index (χ4v) is 6.14. The molecule has 1 saturated heterocycles. The summed E-state index contributed by atoms with van der Waals surface area (Å²) < 4.78 is 54.2. The summed E-state index contributed by atoms with van der Waals surface area (Å²) in [5.74, 6) is -0.187. The maximum atomic E-state index is 16.0. The molecule has 0 bridgehead atoms.